The Hall–Kier alpha value is -4.09. The molecule has 5 N–H and O–H groups in total. The SMILES string of the molecule is O=C(O)c1ccccc1Cc1nc(Nc2cc(S(=O)(=O)[O-])cc3cc(S(=O)(=O)[O-])c(N=Nc4ccccc4C(=O)O)c(O)c23)nc(=O)[nH]1.[Na+].[Na+]. The molecule has 0 aliphatic heterocycles. The molecule has 5 rings (SSSR count). The van der Waals surface area contributed by atoms with Crippen molar-refractivity contribution in [2.75, 3.05) is 5.32 Å². The second kappa shape index (κ2) is 15.9. The Morgan fingerprint density at radius 1 is 0.840 bits per heavy atom. The summed E-state index contributed by atoms with van der Waals surface area (Å²) >= 11 is 0. The van der Waals surface area contributed by atoms with Gasteiger partial charge in [0.25, 0.3) is 0 Å². The van der Waals surface area contributed by atoms with Crippen molar-refractivity contribution in [3.05, 3.63) is 99.7 Å². The number of aromatic carboxylic acids is 2. The fraction of sp³-hybridized carbons (Fsp3) is 0.0357. The van der Waals surface area contributed by atoms with Crippen LogP contribution in [0.3, 0.4) is 0 Å². The van der Waals surface area contributed by atoms with E-state index in [-0.39, 0.29) is 93.7 Å². The minimum Gasteiger partial charge on any atom is -0.744 e. The number of phenolic OH excluding ortho intramolecular Hbond substituents is 1. The predicted octanol–water partition coefficient (Wildman–Crippen LogP) is -3.01. The van der Waals surface area contributed by atoms with E-state index in [2.05, 4.69) is 30.5 Å². The van der Waals surface area contributed by atoms with Gasteiger partial charge >= 0.3 is 76.7 Å². The number of azo groups is 1. The zero-order valence-corrected chi connectivity index (χ0v) is 31.3. The summed E-state index contributed by atoms with van der Waals surface area (Å²) in [7, 11) is -10.8. The number of rotatable bonds is 10. The number of fused-ring (bicyclic) bond motifs is 1. The maximum atomic E-state index is 12.4. The molecule has 0 atom stereocenters. The van der Waals surface area contributed by atoms with E-state index < -0.39 is 81.5 Å². The molecule has 0 fully saturated rings. The van der Waals surface area contributed by atoms with E-state index in [0.717, 1.165) is 6.07 Å². The fourth-order valence-electron chi connectivity index (χ4n) is 4.59. The summed E-state index contributed by atoms with van der Waals surface area (Å²) < 4.78 is 72.8. The molecule has 0 aliphatic carbocycles. The molecule has 22 heteroatoms. The van der Waals surface area contributed by atoms with Crippen LogP contribution in [0, 0.1) is 0 Å². The molecule has 0 amide bonds. The second-order valence-corrected chi connectivity index (χ2v) is 12.5. The van der Waals surface area contributed by atoms with Crippen LogP contribution < -0.4 is 70.1 Å². The molecule has 0 saturated heterocycles. The third-order valence-electron chi connectivity index (χ3n) is 6.63. The monoisotopic (exact) mass is 740 g/mol. The number of aromatic amines is 1. The largest absolute Gasteiger partial charge is 1.00 e. The molecule has 18 nitrogen and oxygen atoms in total. The third kappa shape index (κ3) is 8.98. The van der Waals surface area contributed by atoms with Crippen LogP contribution in [0.5, 0.6) is 5.75 Å². The number of benzene rings is 4. The van der Waals surface area contributed by atoms with Gasteiger partial charge in [-0.05, 0) is 47.3 Å². The van der Waals surface area contributed by atoms with E-state index in [1.807, 2.05) is 0 Å². The van der Waals surface area contributed by atoms with Crippen LogP contribution in [0.1, 0.15) is 32.1 Å². The van der Waals surface area contributed by atoms with Gasteiger partial charge in [0, 0.05) is 11.8 Å². The van der Waals surface area contributed by atoms with Crippen LogP contribution in [0.25, 0.3) is 10.8 Å². The summed E-state index contributed by atoms with van der Waals surface area (Å²) in [5, 5.41) is 39.1. The van der Waals surface area contributed by atoms with E-state index in [1.54, 1.807) is 6.07 Å². The second-order valence-electron chi connectivity index (χ2n) is 9.76. The van der Waals surface area contributed by atoms with Gasteiger partial charge in [-0.3, -0.25) is 4.98 Å². The van der Waals surface area contributed by atoms with Crippen molar-refractivity contribution in [1.82, 2.24) is 15.0 Å². The molecule has 1 heterocycles. The van der Waals surface area contributed by atoms with Crippen molar-refractivity contribution in [1.29, 1.82) is 0 Å². The van der Waals surface area contributed by atoms with Crippen molar-refractivity contribution in [2.45, 2.75) is 16.2 Å². The van der Waals surface area contributed by atoms with Crippen LogP contribution in [0.15, 0.2) is 91.5 Å². The van der Waals surface area contributed by atoms with Crippen molar-refractivity contribution in [2.24, 2.45) is 10.2 Å². The Labute approximate surface area is 325 Å². The van der Waals surface area contributed by atoms with Crippen molar-refractivity contribution >= 4 is 66.0 Å². The zero-order valence-electron chi connectivity index (χ0n) is 25.7. The standard InChI is InChI=1S/C28H20N6O12S2.2Na/c35-24-22-14(10-20(48(44,45)46)23(24)34-33-18-8-4-3-7-17(18)26(38)39)9-15(47(41,42)43)12-19(22)29-27-30-21(31-28(40)32-27)11-13-5-1-2-6-16(13)25(36)37;;/h1-10,12,35H,11H2,(H,36,37)(H,38,39)(H,41,42,43)(H,44,45,46)(H2,29,30,31,32,40);;/q;2*+1/p-2. The Bertz CT molecular complexity index is 2480. The number of carboxylic acid groups (broad SMARTS) is 2. The van der Waals surface area contributed by atoms with Gasteiger partial charge < -0.3 is 29.7 Å². The number of hydrogen-bond donors (Lipinski definition) is 5. The summed E-state index contributed by atoms with van der Waals surface area (Å²) in [6.45, 7) is 0. The topological polar surface area (TPSA) is 305 Å². The number of hydrogen-bond acceptors (Lipinski definition) is 15. The number of anilines is 2. The maximum absolute atomic E-state index is 12.4. The molecule has 5 aromatic rings. The predicted molar refractivity (Wildman–Crippen MR) is 161 cm³/mol. The number of nitrogens with one attached hydrogen (secondary N) is 2. The molecular formula is C28H18N6Na2O12S2. The van der Waals surface area contributed by atoms with Crippen LogP contribution >= 0.6 is 0 Å². The number of H-pyrrole nitrogens is 1. The molecule has 0 saturated carbocycles. The van der Waals surface area contributed by atoms with Crippen molar-refractivity contribution in [3.8, 4) is 5.75 Å². The smallest absolute Gasteiger partial charge is 0.744 e. The first kappa shape index (κ1) is 40.3. The normalized spacial score (nSPS) is 11.5. The average Bonchev–Trinajstić information content (AvgIpc) is 2.99. The Morgan fingerprint density at radius 2 is 1.46 bits per heavy atom. The summed E-state index contributed by atoms with van der Waals surface area (Å²) in [6.07, 6.45) is -0.219. The number of nitrogens with zero attached hydrogens (tertiary/aromatic N) is 4. The molecule has 0 radical (unpaired) electrons. The maximum Gasteiger partial charge on any atom is 1.00 e. The van der Waals surface area contributed by atoms with Gasteiger partial charge in [0.05, 0.1) is 26.6 Å². The number of carboxylic acids is 2. The number of carbonyl (C=O) groups is 2. The third-order valence-corrected chi connectivity index (χ3v) is 8.29. The molecule has 0 bridgehead atoms. The Morgan fingerprint density at radius 3 is 2.08 bits per heavy atom. The summed E-state index contributed by atoms with van der Waals surface area (Å²) in [5.41, 5.74) is -2.96. The summed E-state index contributed by atoms with van der Waals surface area (Å²) in [6, 6.07) is 12.9. The quantitative estimate of drug-likeness (QED) is 0.0541. The fourth-order valence-corrected chi connectivity index (χ4v) is 5.77. The van der Waals surface area contributed by atoms with Gasteiger partial charge in [0.2, 0.25) is 5.95 Å². The molecule has 0 unspecified atom stereocenters. The molecule has 50 heavy (non-hydrogen) atoms. The van der Waals surface area contributed by atoms with E-state index >= 15 is 0 Å². The van der Waals surface area contributed by atoms with E-state index in [0.29, 0.717) is 18.2 Å². The molecule has 246 valence electrons. The molecule has 1 aromatic heterocycles. The van der Waals surface area contributed by atoms with Gasteiger partial charge in [-0.2, -0.15) is 9.97 Å². The first-order valence-corrected chi connectivity index (χ1v) is 15.9. The summed E-state index contributed by atoms with van der Waals surface area (Å²) in [4.78, 5) is 43.6. The number of aromatic nitrogens is 3. The van der Waals surface area contributed by atoms with Gasteiger partial charge in [0.15, 0.2) is 5.75 Å². The van der Waals surface area contributed by atoms with Crippen LogP contribution in [-0.2, 0) is 26.7 Å². The first-order valence-electron chi connectivity index (χ1n) is 13.1. The molecule has 4 aromatic carbocycles. The van der Waals surface area contributed by atoms with Gasteiger partial charge in [-0.15, -0.1) is 10.2 Å². The summed E-state index contributed by atoms with van der Waals surface area (Å²) in [5.74, 6) is -4.42. The van der Waals surface area contributed by atoms with Gasteiger partial charge in [0.1, 0.15) is 37.4 Å². The van der Waals surface area contributed by atoms with Crippen LogP contribution in [0.4, 0.5) is 23.0 Å². The minimum atomic E-state index is -5.49. The zero-order chi connectivity index (χ0) is 35.0. The van der Waals surface area contributed by atoms with Gasteiger partial charge in [-0.25, -0.2) is 31.2 Å². The van der Waals surface area contributed by atoms with Crippen LogP contribution in [-0.4, -0.2) is 68.2 Å². The van der Waals surface area contributed by atoms with E-state index in [4.69, 9.17) is 0 Å². The van der Waals surface area contributed by atoms with Crippen molar-refractivity contribution < 1.29 is 110 Å². The first-order chi connectivity index (χ1) is 22.5. The number of phenols is 1. The average molecular weight is 741 g/mol. The van der Waals surface area contributed by atoms with Gasteiger partial charge in [-0.1, -0.05) is 30.3 Å². The van der Waals surface area contributed by atoms with Crippen LogP contribution in [0.2, 0.25) is 0 Å². The molecule has 0 aliphatic rings. The Kier molecular flexibility index (Phi) is 12.8. The van der Waals surface area contributed by atoms with E-state index in [9.17, 15) is 55.6 Å². The Balaban J connectivity index is 0.00000338. The van der Waals surface area contributed by atoms with Crippen molar-refractivity contribution in [3.63, 3.8) is 0 Å². The van der Waals surface area contributed by atoms with E-state index in [1.165, 1.54) is 36.4 Å². The number of aromatic hydroxyl groups is 1. The minimum absolute atomic E-state index is 0. The molecular weight excluding hydrogens is 722 g/mol. The molecule has 0 spiro atoms.